The smallest absolute Gasteiger partial charge is 0.410 e. The van der Waals surface area contributed by atoms with Crippen LogP contribution in [0.25, 0.3) is 0 Å². The van der Waals surface area contributed by atoms with Gasteiger partial charge in [-0.05, 0) is 38.5 Å². The van der Waals surface area contributed by atoms with Crippen molar-refractivity contribution >= 4 is 17.7 Å². The lowest BCUT2D eigenvalue weighted by Gasteiger charge is -2.32. The predicted octanol–water partition coefficient (Wildman–Crippen LogP) is 4.11. The molecule has 1 amide bonds. The summed E-state index contributed by atoms with van der Waals surface area (Å²) in [5, 5.41) is 7.43. The average molecular weight is 386 g/mol. The Morgan fingerprint density at radius 3 is 2.00 bits per heavy atom. The van der Waals surface area contributed by atoms with Crippen LogP contribution in [0.3, 0.4) is 0 Å². The van der Waals surface area contributed by atoms with Crippen molar-refractivity contribution in [2.24, 2.45) is 11.7 Å². The zero-order valence-electron chi connectivity index (χ0n) is 16.5. The summed E-state index contributed by atoms with van der Waals surface area (Å²) in [5.74, 6) is 0.0202. The van der Waals surface area contributed by atoms with E-state index < -0.39 is 0 Å². The van der Waals surface area contributed by atoms with E-state index in [1.807, 2.05) is 0 Å². The zero-order valence-corrected chi connectivity index (χ0v) is 16.5. The molecule has 1 saturated carbocycles. The molecule has 1 saturated heterocycles. The number of ketones is 1. The topological polar surface area (TPSA) is 96.5 Å². The molecule has 1 aliphatic carbocycles. The Hall–Kier alpha value is -2.37. The summed E-state index contributed by atoms with van der Waals surface area (Å²) in [6, 6.07) is 6.87. The van der Waals surface area contributed by atoms with Gasteiger partial charge >= 0.3 is 6.09 Å². The van der Waals surface area contributed by atoms with Gasteiger partial charge in [0.05, 0.1) is 0 Å². The van der Waals surface area contributed by atoms with Gasteiger partial charge in [-0.2, -0.15) is 0 Å². The van der Waals surface area contributed by atoms with Gasteiger partial charge in [0.25, 0.3) is 0 Å². The standard InChI is InChI=1S/C22H31N3O3/c23-21(24)18-10-8-16(9-11-18)20(26)17-12-14-25(15-13-17)22(27)28-19-6-4-2-1-3-5-7-19/h8-11,17,19H,1-7,12-15H2,(H3,23,24). The van der Waals surface area contributed by atoms with Crippen LogP contribution in [0.1, 0.15) is 73.7 Å². The molecule has 28 heavy (non-hydrogen) atoms. The number of rotatable bonds is 4. The van der Waals surface area contributed by atoms with E-state index in [1.165, 1.54) is 19.3 Å². The molecule has 2 aliphatic rings. The Bertz CT molecular complexity index is 685. The second-order valence-corrected chi connectivity index (χ2v) is 7.97. The molecule has 1 aromatic rings. The number of ether oxygens (including phenoxy) is 1. The number of carbonyl (C=O) groups is 2. The molecule has 0 spiro atoms. The minimum atomic E-state index is -0.220. The summed E-state index contributed by atoms with van der Waals surface area (Å²) >= 11 is 0. The maximum Gasteiger partial charge on any atom is 0.410 e. The van der Waals surface area contributed by atoms with E-state index in [2.05, 4.69) is 0 Å². The molecule has 0 bridgehead atoms. The molecule has 152 valence electrons. The number of nitrogens with zero attached hydrogens (tertiary/aromatic N) is 1. The number of amides is 1. The highest BCUT2D eigenvalue weighted by molar-refractivity contribution is 6.00. The third-order valence-electron chi connectivity index (χ3n) is 5.92. The second kappa shape index (κ2) is 9.71. The van der Waals surface area contributed by atoms with Crippen LogP contribution in [-0.2, 0) is 4.74 Å². The molecule has 2 fully saturated rings. The van der Waals surface area contributed by atoms with Crippen molar-refractivity contribution in [2.45, 2.75) is 63.9 Å². The van der Waals surface area contributed by atoms with Crippen LogP contribution in [0, 0.1) is 11.3 Å². The van der Waals surface area contributed by atoms with Crippen molar-refractivity contribution in [1.29, 1.82) is 5.41 Å². The van der Waals surface area contributed by atoms with Gasteiger partial charge in [0.2, 0.25) is 0 Å². The van der Waals surface area contributed by atoms with E-state index in [0.29, 0.717) is 37.1 Å². The van der Waals surface area contributed by atoms with E-state index >= 15 is 0 Å². The van der Waals surface area contributed by atoms with E-state index in [-0.39, 0.29) is 29.7 Å². The normalized spacial score (nSPS) is 19.5. The van der Waals surface area contributed by atoms with Crippen molar-refractivity contribution in [3.8, 4) is 0 Å². The van der Waals surface area contributed by atoms with Gasteiger partial charge < -0.3 is 15.4 Å². The van der Waals surface area contributed by atoms with Crippen LogP contribution in [-0.4, -0.2) is 41.8 Å². The van der Waals surface area contributed by atoms with Gasteiger partial charge in [-0.3, -0.25) is 10.2 Å². The molecule has 1 aromatic carbocycles. The Kier molecular flexibility index (Phi) is 7.06. The molecule has 0 aromatic heterocycles. The van der Waals surface area contributed by atoms with E-state index in [9.17, 15) is 9.59 Å². The molecular formula is C22H31N3O3. The fraction of sp³-hybridized carbons (Fsp3) is 0.591. The van der Waals surface area contributed by atoms with Crippen LogP contribution in [0.15, 0.2) is 24.3 Å². The molecule has 0 unspecified atom stereocenters. The average Bonchev–Trinajstić information content (AvgIpc) is 2.69. The maximum absolute atomic E-state index is 12.7. The summed E-state index contributed by atoms with van der Waals surface area (Å²) in [5.41, 5.74) is 6.71. The predicted molar refractivity (Wildman–Crippen MR) is 109 cm³/mol. The SMILES string of the molecule is N=C(N)c1ccc(C(=O)C2CCN(C(=O)OC3CCCCCCC3)CC2)cc1. The fourth-order valence-corrected chi connectivity index (χ4v) is 4.13. The lowest BCUT2D eigenvalue weighted by atomic mass is 9.88. The minimum absolute atomic E-state index is 0.00453. The van der Waals surface area contributed by atoms with Gasteiger partial charge in [-0.1, -0.05) is 43.5 Å². The first kappa shape index (κ1) is 20.4. The number of nitrogen functional groups attached to an aromatic ring is 1. The van der Waals surface area contributed by atoms with Crippen molar-refractivity contribution < 1.29 is 14.3 Å². The molecule has 0 atom stereocenters. The molecule has 6 nitrogen and oxygen atoms in total. The quantitative estimate of drug-likeness (QED) is 0.463. The first-order chi connectivity index (χ1) is 13.5. The first-order valence-electron chi connectivity index (χ1n) is 10.5. The lowest BCUT2D eigenvalue weighted by molar-refractivity contribution is 0.0411. The number of hydrogen-bond donors (Lipinski definition) is 2. The number of piperidine rings is 1. The number of nitrogens with one attached hydrogen (secondary N) is 1. The molecule has 1 heterocycles. The van der Waals surface area contributed by atoms with Crippen molar-refractivity contribution in [3.63, 3.8) is 0 Å². The minimum Gasteiger partial charge on any atom is -0.446 e. The van der Waals surface area contributed by atoms with Crippen LogP contribution >= 0.6 is 0 Å². The van der Waals surface area contributed by atoms with Gasteiger partial charge in [0, 0.05) is 30.1 Å². The fourth-order valence-electron chi connectivity index (χ4n) is 4.13. The Morgan fingerprint density at radius 1 is 0.893 bits per heavy atom. The zero-order chi connectivity index (χ0) is 19.9. The largest absolute Gasteiger partial charge is 0.446 e. The van der Waals surface area contributed by atoms with Gasteiger partial charge in [-0.15, -0.1) is 0 Å². The van der Waals surface area contributed by atoms with E-state index in [4.69, 9.17) is 15.9 Å². The molecule has 3 rings (SSSR count). The first-order valence-corrected chi connectivity index (χ1v) is 10.5. The van der Waals surface area contributed by atoms with Crippen molar-refractivity contribution in [1.82, 2.24) is 4.90 Å². The maximum atomic E-state index is 12.7. The second-order valence-electron chi connectivity index (χ2n) is 7.97. The summed E-state index contributed by atoms with van der Waals surface area (Å²) in [6.07, 6.45) is 9.11. The summed E-state index contributed by atoms with van der Waals surface area (Å²) in [4.78, 5) is 27.0. The van der Waals surface area contributed by atoms with Gasteiger partial charge in [0.1, 0.15) is 11.9 Å². The number of Topliss-reactive ketones (excluding diaryl/α,β-unsaturated/α-hetero) is 1. The Labute approximate surface area is 166 Å². The van der Waals surface area contributed by atoms with Crippen LogP contribution in [0.4, 0.5) is 4.79 Å². The van der Waals surface area contributed by atoms with Crippen LogP contribution in [0.5, 0.6) is 0 Å². The number of carbonyl (C=O) groups excluding carboxylic acids is 2. The highest BCUT2D eigenvalue weighted by Crippen LogP contribution is 2.24. The highest BCUT2D eigenvalue weighted by Gasteiger charge is 2.29. The third kappa shape index (κ3) is 5.33. The van der Waals surface area contributed by atoms with Crippen LogP contribution in [0.2, 0.25) is 0 Å². The van der Waals surface area contributed by atoms with E-state index in [1.54, 1.807) is 29.2 Å². The van der Waals surface area contributed by atoms with Crippen molar-refractivity contribution in [3.05, 3.63) is 35.4 Å². The number of hydrogen-bond acceptors (Lipinski definition) is 4. The third-order valence-corrected chi connectivity index (χ3v) is 5.92. The molecule has 6 heteroatoms. The van der Waals surface area contributed by atoms with Crippen LogP contribution < -0.4 is 5.73 Å². The molecule has 0 radical (unpaired) electrons. The van der Waals surface area contributed by atoms with Crippen molar-refractivity contribution in [2.75, 3.05) is 13.1 Å². The molecule has 3 N–H and O–H groups in total. The van der Waals surface area contributed by atoms with Gasteiger partial charge in [0.15, 0.2) is 5.78 Å². The summed E-state index contributed by atoms with van der Waals surface area (Å²) in [7, 11) is 0. The highest BCUT2D eigenvalue weighted by atomic mass is 16.6. The summed E-state index contributed by atoms with van der Waals surface area (Å²) in [6.45, 7) is 1.13. The molecule has 1 aliphatic heterocycles. The number of nitrogens with two attached hydrogens (primary N) is 1. The summed E-state index contributed by atoms with van der Waals surface area (Å²) < 4.78 is 5.75. The molecular weight excluding hydrogens is 354 g/mol. The Morgan fingerprint density at radius 2 is 1.43 bits per heavy atom. The van der Waals surface area contributed by atoms with E-state index in [0.717, 1.165) is 25.7 Å². The number of likely N-dealkylation sites (tertiary alicyclic amines) is 1. The number of amidine groups is 1. The lowest BCUT2D eigenvalue weighted by Crippen LogP contribution is -2.41. The van der Waals surface area contributed by atoms with Gasteiger partial charge in [-0.25, -0.2) is 4.79 Å². The number of benzene rings is 1. The Balaban J connectivity index is 1.48. The monoisotopic (exact) mass is 385 g/mol.